The summed E-state index contributed by atoms with van der Waals surface area (Å²) in [7, 11) is -9.77. The number of hydrogen-bond donors (Lipinski definition) is 2. The highest BCUT2D eigenvalue weighted by Gasteiger charge is 2.29. The van der Waals surface area contributed by atoms with E-state index in [1.807, 2.05) is 30.3 Å². The molecule has 8 heteroatoms. The minimum absolute atomic E-state index is 0.234. The molecule has 0 aliphatic carbocycles. The van der Waals surface area contributed by atoms with Gasteiger partial charge in [0.2, 0.25) is 0 Å². The van der Waals surface area contributed by atoms with E-state index in [2.05, 4.69) is 6.92 Å². The quantitative estimate of drug-likeness (QED) is 0.147. The Morgan fingerprint density at radius 1 is 0.647 bits per heavy atom. The van der Waals surface area contributed by atoms with E-state index in [1.165, 1.54) is 38.5 Å². The van der Waals surface area contributed by atoms with Crippen molar-refractivity contribution in [3.63, 3.8) is 0 Å². The van der Waals surface area contributed by atoms with Crippen LogP contribution in [-0.4, -0.2) is 25.9 Å². The Morgan fingerprint density at radius 3 is 1.71 bits per heavy atom. The number of hydrogen-bond acceptors (Lipinski definition) is 4. The van der Waals surface area contributed by atoms with E-state index in [-0.39, 0.29) is 12.0 Å². The molecule has 0 saturated carbocycles. The van der Waals surface area contributed by atoms with Gasteiger partial charge in [-0.25, -0.2) is 0 Å². The molecule has 3 aromatic rings. The average Bonchev–Trinajstić information content (AvgIpc) is 2.77. The van der Waals surface area contributed by atoms with Gasteiger partial charge in [-0.2, -0.15) is 16.8 Å². The SMILES string of the molecule is CCCCCCCCCCCCc1c(S(=O)(=O)O)c(S(=O)(=O)O)cc2cc3ccccc3cc12. The topological polar surface area (TPSA) is 109 Å². The van der Waals surface area contributed by atoms with Crippen LogP contribution in [0.25, 0.3) is 21.5 Å². The molecule has 0 aromatic heterocycles. The van der Waals surface area contributed by atoms with E-state index in [1.54, 1.807) is 6.07 Å². The lowest BCUT2D eigenvalue weighted by Crippen LogP contribution is -2.12. The smallest absolute Gasteiger partial charge is 0.282 e. The number of benzene rings is 3. The second-order valence-electron chi connectivity index (χ2n) is 8.98. The number of aryl methyl sites for hydroxylation is 1. The van der Waals surface area contributed by atoms with Crippen molar-refractivity contribution in [2.45, 2.75) is 87.3 Å². The van der Waals surface area contributed by atoms with Crippen LogP contribution >= 0.6 is 0 Å². The van der Waals surface area contributed by atoms with Crippen LogP contribution in [-0.2, 0) is 26.7 Å². The summed E-state index contributed by atoms with van der Waals surface area (Å²) in [5.74, 6) is 0. The summed E-state index contributed by atoms with van der Waals surface area (Å²) >= 11 is 0. The van der Waals surface area contributed by atoms with Crippen molar-refractivity contribution < 1.29 is 25.9 Å². The van der Waals surface area contributed by atoms with Gasteiger partial charge in [0, 0.05) is 0 Å². The third-order valence-corrected chi connectivity index (χ3v) is 8.33. The molecule has 2 N–H and O–H groups in total. The predicted octanol–water partition coefficient (Wildman–Crippen LogP) is 6.95. The zero-order valence-electron chi connectivity index (χ0n) is 19.7. The van der Waals surface area contributed by atoms with Crippen molar-refractivity contribution in [1.29, 1.82) is 0 Å². The van der Waals surface area contributed by atoms with Crippen LogP contribution in [0.15, 0.2) is 52.3 Å². The fourth-order valence-electron chi connectivity index (χ4n) is 4.63. The molecule has 34 heavy (non-hydrogen) atoms. The molecule has 0 heterocycles. The fourth-order valence-corrected chi connectivity index (χ4v) is 6.73. The van der Waals surface area contributed by atoms with E-state index >= 15 is 0 Å². The summed E-state index contributed by atoms with van der Waals surface area (Å²) in [6.07, 6.45) is 11.4. The number of unbranched alkanes of at least 4 members (excludes halogenated alkanes) is 9. The largest absolute Gasteiger partial charge is 0.296 e. The molecule has 186 valence electrons. The minimum Gasteiger partial charge on any atom is -0.282 e. The van der Waals surface area contributed by atoms with Crippen LogP contribution in [0.3, 0.4) is 0 Å². The standard InChI is InChI=1S/C26H34O6S2/c1-2-3-4-5-6-7-8-9-10-11-16-23-24-18-21-15-13-12-14-20(21)17-22(24)19-25(33(27,28)29)26(23)34(30,31)32/h12-15,17-19H,2-11,16H2,1H3,(H,27,28,29)(H,30,31,32). The van der Waals surface area contributed by atoms with Gasteiger partial charge in [-0.3, -0.25) is 9.11 Å². The Kier molecular flexibility index (Phi) is 9.09. The Bertz CT molecular complexity index is 1340. The van der Waals surface area contributed by atoms with E-state index in [9.17, 15) is 25.9 Å². The lowest BCUT2D eigenvalue weighted by Gasteiger charge is -2.16. The first kappa shape index (κ1) is 26.6. The van der Waals surface area contributed by atoms with E-state index in [0.29, 0.717) is 17.2 Å². The van der Waals surface area contributed by atoms with Crippen molar-refractivity contribution in [1.82, 2.24) is 0 Å². The third-order valence-electron chi connectivity index (χ3n) is 6.34. The minimum atomic E-state index is -4.89. The summed E-state index contributed by atoms with van der Waals surface area (Å²) in [6.45, 7) is 2.20. The Balaban J connectivity index is 1.89. The molecule has 0 spiro atoms. The lowest BCUT2D eigenvalue weighted by molar-refractivity contribution is 0.465. The Hall–Kier alpha value is -2.00. The molecule has 0 fully saturated rings. The van der Waals surface area contributed by atoms with Gasteiger partial charge in [0.05, 0.1) is 0 Å². The van der Waals surface area contributed by atoms with Crippen molar-refractivity contribution >= 4 is 41.8 Å². The van der Waals surface area contributed by atoms with Crippen LogP contribution in [0, 0.1) is 0 Å². The maximum atomic E-state index is 12.3. The Morgan fingerprint density at radius 2 is 1.18 bits per heavy atom. The molecular formula is C26H34O6S2. The zero-order chi connectivity index (χ0) is 24.8. The van der Waals surface area contributed by atoms with Crippen LogP contribution in [0.1, 0.15) is 76.7 Å². The van der Waals surface area contributed by atoms with Gasteiger partial charge in [0.25, 0.3) is 20.2 Å². The first-order chi connectivity index (χ1) is 16.1. The lowest BCUT2D eigenvalue weighted by atomic mass is 9.96. The van der Waals surface area contributed by atoms with Crippen LogP contribution in [0.5, 0.6) is 0 Å². The second-order valence-corrected chi connectivity index (χ2v) is 11.7. The van der Waals surface area contributed by atoms with E-state index in [0.717, 1.165) is 36.1 Å². The van der Waals surface area contributed by atoms with E-state index < -0.39 is 30.0 Å². The van der Waals surface area contributed by atoms with Crippen molar-refractivity contribution in [3.05, 3.63) is 48.0 Å². The second kappa shape index (κ2) is 11.6. The highest BCUT2D eigenvalue weighted by atomic mass is 32.2. The van der Waals surface area contributed by atoms with Crippen molar-refractivity contribution in [2.24, 2.45) is 0 Å². The van der Waals surface area contributed by atoms with Gasteiger partial charge in [-0.05, 0) is 58.1 Å². The summed E-state index contributed by atoms with van der Waals surface area (Å²) in [4.78, 5) is -1.49. The van der Waals surface area contributed by atoms with Crippen LogP contribution < -0.4 is 0 Å². The summed E-state index contributed by atoms with van der Waals surface area (Å²) in [6, 6.07) is 12.2. The molecular weight excluding hydrogens is 472 g/mol. The Labute approximate surface area is 202 Å². The molecule has 0 unspecified atom stereocenters. The van der Waals surface area contributed by atoms with Crippen LogP contribution in [0.4, 0.5) is 0 Å². The molecule has 3 rings (SSSR count). The normalized spacial score (nSPS) is 12.6. The summed E-state index contributed by atoms with van der Waals surface area (Å²) < 4.78 is 68.5. The molecule has 0 aliphatic heterocycles. The molecule has 0 bridgehead atoms. The monoisotopic (exact) mass is 506 g/mol. The highest BCUT2D eigenvalue weighted by molar-refractivity contribution is 7.89. The zero-order valence-corrected chi connectivity index (χ0v) is 21.3. The van der Waals surface area contributed by atoms with Gasteiger partial charge >= 0.3 is 0 Å². The maximum Gasteiger partial charge on any atom is 0.296 e. The number of fused-ring (bicyclic) bond motifs is 2. The van der Waals surface area contributed by atoms with Crippen LogP contribution in [0.2, 0.25) is 0 Å². The highest BCUT2D eigenvalue weighted by Crippen LogP contribution is 2.35. The average molecular weight is 507 g/mol. The van der Waals surface area contributed by atoms with Crippen molar-refractivity contribution in [3.8, 4) is 0 Å². The first-order valence-corrected chi connectivity index (χ1v) is 14.9. The third kappa shape index (κ3) is 6.78. The van der Waals surface area contributed by atoms with Gasteiger partial charge < -0.3 is 0 Å². The van der Waals surface area contributed by atoms with Gasteiger partial charge in [-0.1, -0.05) is 89.0 Å². The summed E-state index contributed by atoms with van der Waals surface area (Å²) in [5.41, 5.74) is 0.234. The van der Waals surface area contributed by atoms with Crippen molar-refractivity contribution in [2.75, 3.05) is 0 Å². The molecule has 0 atom stereocenters. The molecule has 3 aromatic carbocycles. The van der Waals surface area contributed by atoms with E-state index in [4.69, 9.17) is 0 Å². The molecule has 6 nitrogen and oxygen atoms in total. The summed E-state index contributed by atoms with van der Waals surface area (Å²) in [5, 5.41) is 2.80. The molecule has 0 aliphatic rings. The van der Waals surface area contributed by atoms with Gasteiger partial charge in [0.1, 0.15) is 9.79 Å². The first-order valence-electron chi connectivity index (χ1n) is 12.1. The molecule has 0 radical (unpaired) electrons. The maximum absolute atomic E-state index is 12.3. The molecule has 0 saturated heterocycles. The van der Waals surface area contributed by atoms with Gasteiger partial charge in [-0.15, -0.1) is 0 Å². The fraction of sp³-hybridized carbons (Fsp3) is 0.462. The molecule has 0 amide bonds. The van der Waals surface area contributed by atoms with Gasteiger partial charge in [0.15, 0.2) is 0 Å². The predicted molar refractivity (Wildman–Crippen MR) is 137 cm³/mol. The number of rotatable bonds is 13.